The van der Waals surface area contributed by atoms with Crippen molar-refractivity contribution in [3.8, 4) is 0 Å². The van der Waals surface area contributed by atoms with Crippen molar-refractivity contribution in [1.82, 2.24) is 24.5 Å². The zero-order valence-corrected chi connectivity index (χ0v) is 11.2. The maximum Gasteiger partial charge on any atom is 0.339 e. The van der Waals surface area contributed by atoms with Gasteiger partial charge in [0.1, 0.15) is 24.3 Å². The van der Waals surface area contributed by atoms with Crippen LogP contribution in [0, 0.1) is 12.8 Å². The average molecular weight is 263 g/mol. The summed E-state index contributed by atoms with van der Waals surface area (Å²) in [6, 6.07) is 0. The number of carboxylic acids is 1. The molecule has 0 aliphatic heterocycles. The number of rotatable bonds is 5. The lowest BCUT2D eigenvalue weighted by atomic mass is 10.2. The van der Waals surface area contributed by atoms with Crippen molar-refractivity contribution in [3.05, 3.63) is 29.6 Å². The molecular formula is C12H17N5O2. The van der Waals surface area contributed by atoms with E-state index in [4.69, 9.17) is 5.11 Å². The Labute approximate surface area is 110 Å². The summed E-state index contributed by atoms with van der Waals surface area (Å²) in [4.78, 5) is 15.2. The molecule has 7 heteroatoms. The van der Waals surface area contributed by atoms with Crippen molar-refractivity contribution in [1.29, 1.82) is 0 Å². The second-order valence-electron chi connectivity index (χ2n) is 4.86. The van der Waals surface area contributed by atoms with Crippen LogP contribution in [0.4, 0.5) is 0 Å². The Balaban J connectivity index is 2.22. The molecule has 0 saturated carbocycles. The van der Waals surface area contributed by atoms with Gasteiger partial charge in [0, 0.05) is 6.54 Å². The zero-order chi connectivity index (χ0) is 14.0. The van der Waals surface area contributed by atoms with Crippen molar-refractivity contribution in [3.63, 3.8) is 0 Å². The minimum absolute atomic E-state index is 0.218. The molecule has 0 fully saturated rings. The van der Waals surface area contributed by atoms with Crippen LogP contribution in [0.3, 0.4) is 0 Å². The van der Waals surface area contributed by atoms with E-state index in [0.29, 0.717) is 18.2 Å². The smallest absolute Gasteiger partial charge is 0.339 e. The van der Waals surface area contributed by atoms with E-state index in [2.05, 4.69) is 29.0 Å². The fraction of sp³-hybridized carbons (Fsp3) is 0.500. The van der Waals surface area contributed by atoms with Crippen molar-refractivity contribution in [2.24, 2.45) is 5.92 Å². The number of hydrogen-bond donors (Lipinski definition) is 1. The lowest BCUT2D eigenvalue weighted by molar-refractivity contribution is 0.0696. The summed E-state index contributed by atoms with van der Waals surface area (Å²) in [7, 11) is 0. The first-order chi connectivity index (χ1) is 8.99. The SMILES string of the molecule is Cc1c(C(=O)O)cnn1Cc1ncnn1CC(C)C. The van der Waals surface area contributed by atoms with Crippen molar-refractivity contribution >= 4 is 5.97 Å². The number of hydrogen-bond acceptors (Lipinski definition) is 4. The number of nitrogens with zero attached hydrogens (tertiary/aromatic N) is 5. The van der Waals surface area contributed by atoms with E-state index in [1.165, 1.54) is 12.5 Å². The summed E-state index contributed by atoms with van der Waals surface area (Å²) in [6.07, 6.45) is 2.87. The van der Waals surface area contributed by atoms with Crippen LogP contribution in [-0.4, -0.2) is 35.6 Å². The first kappa shape index (κ1) is 13.3. The van der Waals surface area contributed by atoms with Gasteiger partial charge in [-0.1, -0.05) is 13.8 Å². The molecule has 0 bridgehead atoms. The molecular weight excluding hydrogens is 246 g/mol. The Kier molecular flexibility index (Phi) is 3.64. The van der Waals surface area contributed by atoms with Crippen molar-refractivity contribution in [2.75, 3.05) is 0 Å². The first-order valence-corrected chi connectivity index (χ1v) is 6.11. The molecule has 0 amide bonds. The molecule has 2 aromatic rings. The lowest BCUT2D eigenvalue weighted by Gasteiger charge is -2.09. The Hall–Kier alpha value is -2.18. The fourth-order valence-corrected chi connectivity index (χ4v) is 1.86. The van der Waals surface area contributed by atoms with Gasteiger partial charge >= 0.3 is 5.97 Å². The topological polar surface area (TPSA) is 85.8 Å². The normalized spacial score (nSPS) is 11.2. The molecule has 0 saturated heterocycles. The molecule has 0 aliphatic carbocycles. The molecule has 0 aliphatic rings. The summed E-state index contributed by atoms with van der Waals surface area (Å²) in [5.41, 5.74) is 0.835. The van der Waals surface area contributed by atoms with Crippen LogP contribution in [0.1, 0.15) is 35.7 Å². The highest BCUT2D eigenvalue weighted by atomic mass is 16.4. The summed E-state index contributed by atoms with van der Waals surface area (Å²) < 4.78 is 3.45. The maximum atomic E-state index is 11.0. The van der Waals surface area contributed by atoms with Gasteiger partial charge in [-0.2, -0.15) is 10.2 Å². The molecule has 2 rings (SSSR count). The van der Waals surface area contributed by atoms with E-state index >= 15 is 0 Å². The van der Waals surface area contributed by atoms with Crippen LogP contribution < -0.4 is 0 Å². The van der Waals surface area contributed by atoms with E-state index < -0.39 is 5.97 Å². The number of aromatic carboxylic acids is 1. The molecule has 0 unspecified atom stereocenters. The Morgan fingerprint density at radius 2 is 2.11 bits per heavy atom. The monoisotopic (exact) mass is 263 g/mol. The summed E-state index contributed by atoms with van der Waals surface area (Å²) >= 11 is 0. The molecule has 7 nitrogen and oxygen atoms in total. The van der Waals surface area contributed by atoms with Gasteiger partial charge in [-0.25, -0.2) is 14.5 Å². The Morgan fingerprint density at radius 3 is 2.68 bits per heavy atom. The Bertz CT molecular complexity index is 585. The molecule has 0 aromatic carbocycles. The molecule has 2 aromatic heterocycles. The maximum absolute atomic E-state index is 11.0. The predicted octanol–water partition coefficient (Wildman–Crippen LogP) is 1.19. The zero-order valence-electron chi connectivity index (χ0n) is 11.2. The highest BCUT2D eigenvalue weighted by molar-refractivity contribution is 5.88. The van der Waals surface area contributed by atoms with Gasteiger partial charge in [-0.3, -0.25) is 4.68 Å². The third-order valence-electron chi connectivity index (χ3n) is 2.86. The summed E-state index contributed by atoms with van der Waals surface area (Å²) in [5, 5.41) is 17.3. The van der Waals surface area contributed by atoms with Crippen molar-refractivity contribution < 1.29 is 9.90 Å². The molecule has 102 valence electrons. The van der Waals surface area contributed by atoms with Crippen LogP contribution >= 0.6 is 0 Å². The average Bonchev–Trinajstić information content (AvgIpc) is 2.88. The molecule has 19 heavy (non-hydrogen) atoms. The number of carboxylic acid groups (broad SMARTS) is 1. The number of aromatic nitrogens is 5. The van der Waals surface area contributed by atoms with Crippen LogP contribution in [0.25, 0.3) is 0 Å². The summed E-state index contributed by atoms with van der Waals surface area (Å²) in [6.45, 7) is 7.15. The second kappa shape index (κ2) is 5.21. The van der Waals surface area contributed by atoms with Crippen molar-refractivity contribution in [2.45, 2.75) is 33.9 Å². The van der Waals surface area contributed by atoms with E-state index in [-0.39, 0.29) is 5.56 Å². The van der Waals surface area contributed by atoms with Crippen LogP contribution in [0.2, 0.25) is 0 Å². The van der Waals surface area contributed by atoms with Gasteiger partial charge < -0.3 is 5.11 Å². The quantitative estimate of drug-likeness (QED) is 0.875. The van der Waals surface area contributed by atoms with Gasteiger partial charge in [-0.15, -0.1) is 0 Å². The fourth-order valence-electron chi connectivity index (χ4n) is 1.86. The Morgan fingerprint density at radius 1 is 1.37 bits per heavy atom. The van der Waals surface area contributed by atoms with Gasteiger partial charge in [0.15, 0.2) is 0 Å². The van der Waals surface area contributed by atoms with Crippen LogP contribution in [0.5, 0.6) is 0 Å². The first-order valence-electron chi connectivity index (χ1n) is 6.11. The minimum atomic E-state index is -0.965. The van der Waals surface area contributed by atoms with E-state index in [1.54, 1.807) is 11.6 Å². The molecule has 0 radical (unpaired) electrons. The minimum Gasteiger partial charge on any atom is -0.478 e. The third kappa shape index (κ3) is 2.81. The van der Waals surface area contributed by atoms with Gasteiger partial charge in [0.05, 0.1) is 11.9 Å². The van der Waals surface area contributed by atoms with Gasteiger partial charge in [0.25, 0.3) is 0 Å². The van der Waals surface area contributed by atoms with Crippen LogP contribution in [-0.2, 0) is 13.1 Å². The third-order valence-corrected chi connectivity index (χ3v) is 2.86. The highest BCUT2D eigenvalue weighted by Gasteiger charge is 2.15. The molecule has 2 heterocycles. The molecule has 0 atom stereocenters. The predicted molar refractivity (Wildman–Crippen MR) is 67.9 cm³/mol. The van der Waals surface area contributed by atoms with E-state index in [0.717, 1.165) is 12.4 Å². The molecule has 1 N–H and O–H groups in total. The lowest BCUT2D eigenvalue weighted by Crippen LogP contribution is -2.15. The standard InChI is InChI=1S/C12H17N5O2/c1-8(2)5-17-11(13-7-15-17)6-16-9(3)10(4-14-16)12(18)19/h4,7-8H,5-6H2,1-3H3,(H,18,19). The summed E-state index contributed by atoms with van der Waals surface area (Å²) in [5.74, 6) is 0.276. The molecule has 0 spiro atoms. The van der Waals surface area contributed by atoms with Crippen LogP contribution in [0.15, 0.2) is 12.5 Å². The second-order valence-corrected chi connectivity index (χ2v) is 4.86. The van der Waals surface area contributed by atoms with E-state index in [9.17, 15) is 4.79 Å². The largest absolute Gasteiger partial charge is 0.478 e. The van der Waals surface area contributed by atoms with E-state index in [1.807, 2.05) is 4.68 Å². The van der Waals surface area contributed by atoms with Gasteiger partial charge in [0.2, 0.25) is 0 Å². The highest BCUT2D eigenvalue weighted by Crippen LogP contribution is 2.09. The number of carbonyl (C=O) groups is 1. The van der Waals surface area contributed by atoms with Gasteiger partial charge in [-0.05, 0) is 12.8 Å².